The monoisotopic (exact) mass is 301 g/mol. The van der Waals surface area contributed by atoms with E-state index < -0.39 is 0 Å². The first-order chi connectivity index (χ1) is 10.3. The zero-order valence-electron chi connectivity index (χ0n) is 11.5. The molecule has 3 rings (SSSR count). The maximum absolute atomic E-state index is 5.96. The first kappa shape index (κ1) is 14.1. The molecule has 108 valence electrons. The predicted octanol–water partition coefficient (Wildman–Crippen LogP) is 4.26. The quantitative estimate of drug-likeness (QED) is 0.766. The Hall–Kier alpha value is -1.81. The van der Waals surface area contributed by atoms with Crippen molar-refractivity contribution in [3.8, 4) is 0 Å². The molecule has 3 nitrogen and oxygen atoms in total. The fraction of sp³-hybridized carbons (Fsp3) is 0.176. The lowest BCUT2D eigenvalue weighted by molar-refractivity contribution is 0.106. The molecule has 0 atom stereocenters. The van der Waals surface area contributed by atoms with E-state index in [1.54, 1.807) is 0 Å². The number of hydrogen-bond acceptors (Lipinski definition) is 3. The van der Waals surface area contributed by atoms with Crippen molar-refractivity contribution in [3.05, 3.63) is 70.4 Å². The fourth-order valence-electron chi connectivity index (χ4n) is 2.37. The third kappa shape index (κ3) is 3.10. The van der Waals surface area contributed by atoms with Gasteiger partial charge in [0, 0.05) is 16.0 Å². The average Bonchev–Trinajstić information content (AvgIpc) is 2.86. The molecule has 21 heavy (non-hydrogen) atoms. The summed E-state index contributed by atoms with van der Waals surface area (Å²) in [5.41, 5.74) is 8.67. The van der Waals surface area contributed by atoms with Gasteiger partial charge in [-0.15, -0.1) is 0 Å². The number of benzene rings is 2. The van der Waals surface area contributed by atoms with Gasteiger partial charge in [0.1, 0.15) is 11.3 Å². The van der Waals surface area contributed by atoms with E-state index in [-0.39, 0.29) is 0 Å². The van der Waals surface area contributed by atoms with Gasteiger partial charge in [0.2, 0.25) is 0 Å². The number of rotatable bonds is 5. The molecule has 0 aliphatic rings. The smallest absolute Gasteiger partial charge is 0.134 e. The number of nitrogens with two attached hydrogens (primary N) is 1. The molecule has 2 aromatic carbocycles. The Morgan fingerprint density at radius 1 is 1.05 bits per heavy atom. The van der Waals surface area contributed by atoms with Crippen LogP contribution in [0.3, 0.4) is 0 Å². The highest BCUT2D eigenvalue weighted by Gasteiger charge is 2.12. The second-order valence-electron chi connectivity index (χ2n) is 4.83. The molecule has 0 radical (unpaired) electrons. The van der Waals surface area contributed by atoms with Gasteiger partial charge in [0.15, 0.2) is 0 Å². The number of hydrogen-bond donors (Lipinski definition) is 1. The van der Waals surface area contributed by atoms with Crippen LogP contribution < -0.4 is 5.73 Å². The van der Waals surface area contributed by atoms with E-state index >= 15 is 0 Å². The van der Waals surface area contributed by atoms with Crippen LogP contribution in [0.25, 0.3) is 11.0 Å². The fourth-order valence-corrected chi connectivity index (χ4v) is 2.58. The van der Waals surface area contributed by atoms with Crippen LogP contribution in [-0.4, -0.2) is 0 Å². The summed E-state index contributed by atoms with van der Waals surface area (Å²) >= 11 is 5.96. The Balaban J connectivity index is 1.75. The highest BCUT2D eigenvalue weighted by atomic mass is 35.5. The molecule has 0 unspecified atom stereocenters. The summed E-state index contributed by atoms with van der Waals surface area (Å²) in [6, 6.07) is 15.6. The minimum atomic E-state index is 0.366. The summed E-state index contributed by atoms with van der Waals surface area (Å²) < 4.78 is 11.5. The molecule has 2 N–H and O–H groups in total. The normalized spacial score (nSPS) is 11.1. The molecular weight excluding hydrogens is 286 g/mol. The molecule has 0 spiro atoms. The van der Waals surface area contributed by atoms with Crippen LogP contribution in [0.15, 0.2) is 52.9 Å². The molecule has 0 saturated heterocycles. The molecule has 1 aromatic heterocycles. The van der Waals surface area contributed by atoms with Gasteiger partial charge in [0.05, 0.1) is 19.8 Å². The highest BCUT2D eigenvalue weighted by Crippen LogP contribution is 2.26. The Morgan fingerprint density at radius 3 is 2.71 bits per heavy atom. The molecule has 0 aliphatic heterocycles. The molecule has 4 heteroatoms. The molecule has 1 heterocycles. The first-order valence-electron chi connectivity index (χ1n) is 6.79. The number of para-hydroxylation sites is 1. The summed E-state index contributed by atoms with van der Waals surface area (Å²) in [7, 11) is 0. The van der Waals surface area contributed by atoms with Crippen LogP contribution in [0.1, 0.15) is 16.9 Å². The lowest BCUT2D eigenvalue weighted by atomic mass is 10.1. The molecule has 0 bridgehead atoms. The van der Waals surface area contributed by atoms with E-state index in [1.165, 1.54) is 0 Å². The van der Waals surface area contributed by atoms with Gasteiger partial charge < -0.3 is 14.9 Å². The summed E-state index contributed by atoms with van der Waals surface area (Å²) in [6.45, 7) is 1.34. The standard InChI is InChI=1S/C17H16ClNO2/c18-13-5-3-4-12(8-13)10-20-11-15-14-6-1-2-7-16(14)21-17(15)9-19/h1-8H,9-11,19H2. The van der Waals surface area contributed by atoms with Gasteiger partial charge in [-0.25, -0.2) is 0 Å². The van der Waals surface area contributed by atoms with Crippen molar-refractivity contribution in [2.24, 2.45) is 5.73 Å². The first-order valence-corrected chi connectivity index (χ1v) is 7.17. The predicted molar refractivity (Wildman–Crippen MR) is 84.1 cm³/mol. The van der Waals surface area contributed by atoms with Crippen LogP contribution in [0.2, 0.25) is 5.02 Å². The minimum Gasteiger partial charge on any atom is -0.459 e. The van der Waals surface area contributed by atoms with E-state index in [2.05, 4.69) is 0 Å². The van der Waals surface area contributed by atoms with Crippen LogP contribution in [0.4, 0.5) is 0 Å². The largest absolute Gasteiger partial charge is 0.459 e. The Morgan fingerprint density at radius 2 is 1.90 bits per heavy atom. The molecule has 0 saturated carbocycles. The maximum atomic E-state index is 5.96. The third-order valence-electron chi connectivity index (χ3n) is 3.37. The van der Waals surface area contributed by atoms with Crippen LogP contribution in [-0.2, 0) is 24.5 Å². The SMILES string of the molecule is NCc1oc2ccccc2c1COCc1cccc(Cl)c1. The number of furan rings is 1. The second kappa shape index (κ2) is 6.31. The lowest BCUT2D eigenvalue weighted by Crippen LogP contribution is -2.01. The Kier molecular flexibility index (Phi) is 4.25. The highest BCUT2D eigenvalue weighted by molar-refractivity contribution is 6.30. The zero-order valence-corrected chi connectivity index (χ0v) is 12.3. The van der Waals surface area contributed by atoms with E-state index in [9.17, 15) is 0 Å². The van der Waals surface area contributed by atoms with E-state index in [4.69, 9.17) is 26.5 Å². The van der Waals surface area contributed by atoms with Crippen molar-refractivity contribution in [1.82, 2.24) is 0 Å². The van der Waals surface area contributed by atoms with E-state index in [1.807, 2.05) is 48.5 Å². The van der Waals surface area contributed by atoms with Crippen molar-refractivity contribution in [2.75, 3.05) is 0 Å². The number of fused-ring (bicyclic) bond motifs is 1. The molecular formula is C17H16ClNO2. The maximum Gasteiger partial charge on any atom is 0.134 e. The van der Waals surface area contributed by atoms with Crippen LogP contribution in [0, 0.1) is 0 Å². The molecule has 0 aliphatic carbocycles. The second-order valence-corrected chi connectivity index (χ2v) is 5.26. The van der Waals surface area contributed by atoms with Crippen LogP contribution >= 0.6 is 11.6 Å². The third-order valence-corrected chi connectivity index (χ3v) is 3.61. The van der Waals surface area contributed by atoms with Crippen LogP contribution in [0.5, 0.6) is 0 Å². The van der Waals surface area contributed by atoms with Crippen molar-refractivity contribution in [3.63, 3.8) is 0 Å². The van der Waals surface area contributed by atoms with Crippen molar-refractivity contribution in [1.29, 1.82) is 0 Å². The molecule has 0 fully saturated rings. The van der Waals surface area contributed by atoms with Gasteiger partial charge in [0.25, 0.3) is 0 Å². The molecule has 3 aromatic rings. The van der Waals surface area contributed by atoms with E-state index in [0.717, 1.165) is 27.9 Å². The Bertz CT molecular complexity index is 751. The summed E-state index contributed by atoms with van der Waals surface area (Å²) in [5, 5.41) is 1.77. The van der Waals surface area contributed by atoms with Crippen molar-refractivity contribution in [2.45, 2.75) is 19.8 Å². The number of halogens is 1. The lowest BCUT2D eigenvalue weighted by Gasteiger charge is -2.05. The topological polar surface area (TPSA) is 48.4 Å². The van der Waals surface area contributed by atoms with Crippen molar-refractivity contribution < 1.29 is 9.15 Å². The number of ether oxygens (including phenoxy) is 1. The summed E-state index contributed by atoms with van der Waals surface area (Å²) in [5.74, 6) is 0.780. The summed E-state index contributed by atoms with van der Waals surface area (Å²) in [4.78, 5) is 0. The van der Waals surface area contributed by atoms with Gasteiger partial charge in [-0.1, -0.05) is 41.9 Å². The van der Waals surface area contributed by atoms with Gasteiger partial charge in [-0.05, 0) is 23.8 Å². The zero-order chi connectivity index (χ0) is 14.7. The minimum absolute atomic E-state index is 0.366. The van der Waals surface area contributed by atoms with Gasteiger partial charge in [-0.3, -0.25) is 0 Å². The van der Waals surface area contributed by atoms with Gasteiger partial charge in [-0.2, -0.15) is 0 Å². The van der Waals surface area contributed by atoms with Gasteiger partial charge >= 0.3 is 0 Å². The average molecular weight is 302 g/mol. The Labute approximate surface area is 128 Å². The summed E-state index contributed by atoms with van der Waals surface area (Å²) in [6.07, 6.45) is 0. The van der Waals surface area contributed by atoms with Crippen molar-refractivity contribution >= 4 is 22.6 Å². The molecule has 0 amide bonds. The van der Waals surface area contributed by atoms with E-state index in [0.29, 0.717) is 24.8 Å².